The third-order valence-electron chi connectivity index (χ3n) is 2.27. The second kappa shape index (κ2) is 5.39. The Labute approximate surface area is 94.8 Å². The van der Waals surface area contributed by atoms with Gasteiger partial charge in [-0.05, 0) is 6.42 Å². The summed E-state index contributed by atoms with van der Waals surface area (Å²) >= 11 is 0. The van der Waals surface area contributed by atoms with E-state index in [1.807, 2.05) is 6.92 Å². The van der Waals surface area contributed by atoms with Crippen molar-refractivity contribution < 1.29 is 19.4 Å². The molecule has 4 nitrogen and oxygen atoms in total. The maximum absolute atomic E-state index is 11.8. The van der Waals surface area contributed by atoms with Crippen molar-refractivity contribution in [1.82, 2.24) is 0 Å². The van der Waals surface area contributed by atoms with E-state index in [0.29, 0.717) is 17.9 Å². The van der Waals surface area contributed by atoms with Gasteiger partial charge in [-0.25, -0.2) is 0 Å². The van der Waals surface area contributed by atoms with Gasteiger partial charge in [0.25, 0.3) is 0 Å². The summed E-state index contributed by atoms with van der Waals surface area (Å²) in [5.74, 6) is 0.576. The summed E-state index contributed by atoms with van der Waals surface area (Å²) in [7, 11) is 2.94. The highest BCUT2D eigenvalue weighted by Crippen LogP contribution is 2.34. The van der Waals surface area contributed by atoms with Crippen LogP contribution in [0.25, 0.3) is 0 Å². The number of hydrogen-bond acceptors (Lipinski definition) is 4. The maximum Gasteiger partial charge on any atom is 0.170 e. The number of phenols is 1. The van der Waals surface area contributed by atoms with Crippen LogP contribution in [0.1, 0.15) is 30.1 Å². The van der Waals surface area contributed by atoms with Gasteiger partial charge in [-0.3, -0.25) is 4.79 Å². The molecule has 0 aliphatic carbocycles. The Bertz CT molecular complexity index is 385. The van der Waals surface area contributed by atoms with Crippen LogP contribution in [0.2, 0.25) is 0 Å². The number of methoxy groups -OCH3 is 2. The molecule has 16 heavy (non-hydrogen) atoms. The van der Waals surface area contributed by atoms with E-state index in [1.54, 1.807) is 6.07 Å². The summed E-state index contributed by atoms with van der Waals surface area (Å²) in [5.41, 5.74) is 0.227. The molecule has 0 amide bonds. The molecular formula is C12H16O4. The van der Waals surface area contributed by atoms with E-state index < -0.39 is 0 Å². The average molecular weight is 224 g/mol. The zero-order valence-electron chi connectivity index (χ0n) is 9.74. The van der Waals surface area contributed by atoms with Crippen molar-refractivity contribution in [3.8, 4) is 17.2 Å². The van der Waals surface area contributed by atoms with Gasteiger partial charge in [-0.2, -0.15) is 0 Å². The van der Waals surface area contributed by atoms with Crippen LogP contribution >= 0.6 is 0 Å². The molecule has 0 bridgehead atoms. The first kappa shape index (κ1) is 12.4. The minimum Gasteiger partial charge on any atom is -0.507 e. The SMILES string of the molecule is CCCC(=O)c1c(O)cc(OC)cc1OC. The predicted octanol–water partition coefficient (Wildman–Crippen LogP) is 2.39. The van der Waals surface area contributed by atoms with E-state index in [2.05, 4.69) is 0 Å². The first-order chi connectivity index (χ1) is 7.63. The number of Topliss-reactive ketones (excluding diaryl/α,β-unsaturated/α-hetero) is 1. The molecule has 0 atom stereocenters. The molecule has 1 rings (SSSR count). The molecule has 0 aliphatic rings. The summed E-state index contributed by atoms with van der Waals surface area (Å²) < 4.78 is 10.1. The molecule has 0 aliphatic heterocycles. The van der Waals surface area contributed by atoms with Crippen LogP contribution in [0, 0.1) is 0 Å². The Balaban J connectivity index is 3.21. The molecule has 0 radical (unpaired) electrons. The van der Waals surface area contributed by atoms with Gasteiger partial charge in [-0.1, -0.05) is 6.92 Å². The zero-order valence-corrected chi connectivity index (χ0v) is 9.74. The number of hydrogen-bond donors (Lipinski definition) is 1. The summed E-state index contributed by atoms with van der Waals surface area (Å²) in [5, 5.41) is 9.75. The maximum atomic E-state index is 11.8. The van der Waals surface area contributed by atoms with Crippen molar-refractivity contribution >= 4 is 5.78 Å². The Morgan fingerprint density at radius 1 is 1.31 bits per heavy atom. The first-order valence-corrected chi connectivity index (χ1v) is 5.12. The Morgan fingerprint density at radius 3 is 2.50 bits per heavy atom. The molecule has 1 aromatic carbocycles. The minimum atomic E-state index is -0.125. The van der Waals surface area contributed by atoms with Crippen LogP contribution in [0.4, 0.5) is 0 Å². The molecule has 1 aromatic rings. The summed E-state index contributed by atoms with van der Waals surface area (Å²) in [6.45, 7) is 1.91. The van der Waals surface area contributed by atoms with Gasteiger partial charge in [0.05, 0.1) is 14.2 Å². The van der Waals surface area contributed by atoms with Gasteiger partial charge in [0.2, 0.25) is 0 Å². The number of ketones is 1. The number of ether oxygens (including phenoxy) is 2. The normalized spacial score (nSPS) is 9.94. The molecular weight excluding hydrogens is 208 g/mol. The van der Waals surface area contributed by atoms with Crippen molar-refractivity contribution in [3.05, 3.63) is 17.7 Å². The number of phenolic OH excluding ortho intramolecular Hbond substituents is 1. The largest absolute Gasteiger partial charge is 0.507 e. The van der Waals surface area contributed by atoms with E-state index >= 15 is 0 Å². The zero-order chi connectivity index (χ0) is 12.1. The van der Waals surface area contributed by atoms with Gasteiger partial charge >= 0.3 is 0 Å². The first-order valence-electron chi connectivity index (χ1n) is 5.12. The van der Waals surface area contributed by atoms with Crippen LogP contribution in [0.15, 0.2) is 12.1 Å². The Morgan fingerprint density at radius 2 is 2.00 bits per heavy atom. The molecule has 0 spiro atoms. The third-order valence-corrected chi connectivity index (χ3v) is 2.27. The quantitative estimate of drug-likeness (QED) is 0.780. The molecule has 0 heterocycles. The third kappa shape index (κ3) is 2.45. The van der Waals surface area contributed by atoms with Gasteiger partial charge in [0.15, 0.2) is 5.78 Å². The van der Waals surface area contributed by atoms with E-state index in [4.69, 9.17) is 9.47 Å². The lowest BCUT2D eigenvalue weighted by molar-refractivity contribution is 0.0976. The minimum absolute atomic E-state index is 0.102. The van der Waals surface area contributed by atoms with Crippen LogP contribution < -0.4 is 9.47 Å². The fourth-order valence-corrected chi connectivity index (χ4v) is 1.49. The Kier molecular flexibility index (Phi) is 4.17. The molecule has 0 saturated carbocycles. The molecule has 88 valence electrons. The van der Waals surface area contributed by atoms with Gasteiger partial charge in [0, 0.05) is 18.6 Å². The second-order valence-corrected chi connectivity index (χ2v) is 3.40. The summed E-state index contributed by atoms with van der Waals surface area (Å²) in [4.78, 5) is 11.8. The summed E-state index contributed by atoms with van der Waals surface area (Å²) in [6.07, 6.45) is 1.11. The lowest BCUT2D eigenvalue weighted by atomic mass is 10.0. The monoisotopic (exact) mass is 224 g/mol. The molecule has 0 fully saturated rings. The average Bonchev–Trinajstić information content (AvgIpc) is 2.27. The lowest BCUT2D eigenvalue weighted by Gasteiger charge is -2.11. The highest BCUT2D eigenvalue weighted by atomic mass is 16.5. The van der Waals surface area contributed by atoms with E-state index in [9.17, 15) is 9.90 Å². The molecule has 0 aromatic heterocycles. The number of aromatic hydroxyl groups is 1. The van der Waals surface area contributed by atoms with Crippen molar-refractivity contribution in [2.45, 2.75) is 19.8 Å². The van der Waals surface area contributed by atoms with Crippen LogP contribution in [0.3, 0.4) is 0 Å². The van der Waals surface area contributed by atoms with Gasteiger partial charge in [-0.15, -0.1) is 0 Å². The highest BCUT2D eigenvalue weighted by molar-refractivity contribution is 6.01. The number of rotatable bonds is 5. The molecule has 0 unspecified atom stereocenters. The van der Waals surface area contributed by atoms with Crippen molar-refractivity contribution in [2.75, 3.05) is 14.2 Å². The highest BCUT2D eigenvalue weighted by Gasteiger charge is 2.18. The van der Waals surface area contributed by atoms with Gasteiger partial charge in [0.1, 0.15) is 22.8 Å². The standard InChI is InChI=1S/C12H16O4/c1-4-5-9(13)12-10(14)6-8(15-2)7-11(12)16-3/h6-7,14H,4-5H2,1-3H3. The fraction of sp³-hybridized carbons (Fsp3) is 0.417. The number of carbonyl (C=O) groups is 1. The van der Waals surface area contributed by atoms with E-state index in [0.717, 1.165) is 6.42 Å². The van der Waals surface area contributed by atoms with Gasteiger partial charge < -0.3 is 14.6 Å². The smallest absolute Gasteiger partial charge is 0.170 e. The molecule has 4 heteroatoms. The van der Waals surface area contributed by atoms with Crippen LogP contribution in [-0.2, 0) is 0 Å². The summed E-state index contributed by atoms with van der Waals surface area (Å²) in [6, 6.07) is 2.99. The second-order valence-electron chi connectivity index (χ2n) is 3.40. The van der Waals surface area contributed by atoms with Crippen molar-refractivity contribution in [3.63, 3.8) is 0 Å². The lowest BCUT2D eigenvalue weighted by Crippen LogP contribution is -2.02. The van der Waals surface area contributed by atoms with E-state index in [-0.39, 0.29) is 17.1 Å². The number of carbonyl (C=O) groups excluding carboxylic acids is 1. The fourth-order valence-electron chi connectivity index (χ4n) is 1.49. The Hall–Kier alpha value is -1.71. The van der Waals surface area contributed by atoms with Crippen molar-refractivity contribution in [2.24, 2.45) is 0 Å². The van der Waals surface area contributed by atoms with Crippen LogP contribution in [-0.4, -0.2) is 25.1 Å². The van der Waals surface area contributed by atoms with E-state index in [1.165, 1.54) is 20.3 Å². The molecule has 1 N–H and O–H groups in total. The van der Waals surface area contributed by atoms with Crippen LogP contribution in [0.5, 0.6) is 17.2 Å². The molecule has 0 saturated heterocycles. The van der Waals surface area contributed by atoms with Crippen molar-refractivity contribution in [1.29, 1.82) is 0 Å². The predicted molar refractivity (Wildman–Crippen MR) is 60.4 cm³/mol. The number of benzene rings is 1. The topological polar surface area (TPSA) is 55.8 Å².